The molecule has 7 nitrogen and oxygen atoms in total. The van der Waals surface area contributed by atoms with E-state index in [9.17, 15) is 14.4 Å². The molecule has 1 aliphatic heterocycles. The topological polar surface area (TPSA) is 84.9 Å². The fourth-order valence-electron chi connectivity index (χ4n) is 2.95. The molecule has 1 aromatic rings. The minimum atomic E-state index is -0.907. The molecule has 0 spiro atoms. The maximum atomic E-state index is 13.3. The second-order valence-corrected chi connectivity index (χ2v) is 7.98. The Labute approximate surface area is 180 Å². The zero-order valence-electron chi connectivity index (χ0n) is 17.2. The molecule has 1 aliphatic rings. The van der Waals surface area contributed by atoms with Crippen molar-refractivity contribution in [2.45, 2.75) is 58.6 Å². The lowest BCUT2D eigenvalue weighted by atomic mass is 10.1. The van der Waals surface area contributed by atoms with Crippen LogP contribution in [0.25, 0.3) is 0 Å². The lowest BCUT2D eigenvalue weighted by molar-refractivity contribution is -0.151. The van der Waals surface area contributed by atoms with Crippen LogP contribution < -0.4 is 10.1 Å². The van der Waals surface area contributed by atoms with Crippen molar-refractivity contribution in [1.82, 2.24) is 10.2 Å². The average molecular weight is 469 g/mol. The van der Waals surface area contributed by atoms with E-state index in [1.165, 1.54) is 4.90 Å². The number of hydrogen-bond acceptors (Lipinski definition) is 5. The number of halogens is 1. The van der Waals surface area contributed by atoms with Gasteiger partial charge in [-0.25, -0.2) is 0 Å². The predicted molar refractivity (Wildman–Crippen MR) is 113 cm³/mol. The Balaban J connectivity index is 2.23. The summed E-state index contributed by atoms with van der Waals surface area (Å²) in [6.07, 6.45) is 2.12. The molecule has 160 valence electrons. The average Bonchev–Trinajstić information content (AvgIpc) is 2.70. The van der Waals surface area contributed by atoms with Gasteiger partial charge in [-0.2, -0.15) is 0 Å². The third-order valence-electron chi connectivity index (χ3n) is 4.79. The van der Waals surface area contributed by atoms with Gasteiger partial charge >= 0.3 is 5.97 Å². The van der Waals surface area contributed by atoms with Crippen LogP contribution in [-0.4, -0.2) is 54.5 Å². The van der Waals surface area contributed by atoms with Gasteiger partial charge in [0.2, 0.25) is 5.91 Å². The van der Waals surface area contributed by atoms with E-state index in [0.29, 0.717) is 37.4 Å². The van der Waals surface area contributed by atoms with Crippen molar-refractivity contribution in [1.29, 1.82) is 0 Å². The number of carbonyl (C=O) groups excluding carboxylic acids is 3. The highest BCUT2D eigenvalue weighted by atomic mass is 79.9. The molecular weight excluding hydrogens is 440 g/mol. The molecule has 0 aliphatic carbocycles. The maximum absolute atomic E-state index is 13.3. The monoisotopic (exact) mass is 468 g/mol. The van der Waals surface area contributed by atoms with Gasteiger partial charge in [0.25, 0.3) is 5.91 Å². The Kier molecular flexibility index (Phi) is 8.95. The van der Waals surface area contributed by atoms with Gasteiger partial charge in [-0.15, -0.1) is 0 Å². The molecule has 1 saturated heterocycles. The van der Waals surface area contributed by atoms with Crippen LogP contribution in [0.5, 0.6) is 5.75 Å². The summed E-state index contributed by atoms with van der Waals surface area (Å²) in [5.41, 5.74) is 0.366. The Bertz CT molecular complexity index is 740. The van der Waals surface area contributed by atoms with Crippen LogP contribution in [0.2, 0.25) is 0 Å². The number of esters is 1. The molecular formula is C21H29BrN2O5. The van der Waals surface area contributed by atoms with Crippen molar-refractivity contribution in [2.24, 2.45) is 0 Å². The van der Waals surface area contributed by atoms with E-state index < -0.39 is 12.0 Å². The first kappa shape index (κ1) is 23.2. The van der Waals surface area contributed by atoms with Crippen molar-refractivity contribution < 1.29 is 23.9 Å². The van der Waals surface area contributed by atoms with Crippen molar-refractivity contribution in [2.75, 3.05) is 19.7 Å². The quantitative estimate of drug-likeness (QED) is 0.443. The molecule has 0 radical (unpaired) electrons. The molecule has 2 atom stereocenters. The number of carbonyl (C=O) groups is 3. The molecule has 2 unspecified atom stereocenters. The first-order chi connectivity index (χ1) is 13.9. The molecule has 0 aromatic heterocycles. The fourth-order valence-corrected chi connectivity index (χ4v) is 3.31. The Morgan fingerprint density at radius 2 is 2.10 bits per heavy atom. The summed E-state index contributed by atoms with van der Waals surface area (Å²) in [7, 11) is 0. The molecule has 29 heavy (non-hydrogen) atoms. The van der Waals surface area contributed by atoms with Crippen LogP contribution in [0, 0.1) is 0 Å². The molecule has 2 amide bonds. The van der Waals surface area contributed by atoms with Crippen molar-refractivity contribution in [3.63, 3.8) is 0 Å². The standard InChI is InChI=1S/C21H29BrN2O5/c1-4-6-11-28-18-8-7-15(22)12-16(18)21(27)24-10-9-23-20(26)17(24)13-19(25)29-14(3)5-2/h7-8,12,14,17H,4-6,9-11,13H2,1-3H3,(H,23,26). The molecule has 1 heterocycles. The Morgan fingerprint density at radius 1 is 1.34 bits per heavy atom. The molecule has 1 aromatic carbocycles. The molecule has 2 rings (SSSR count). The predicted octanol–water partition coefficient (Wildman–Crippen LogP) is 3.30. The molecule has 1 fully saturated rings. The number of rotatable bonds is 9. The second-order valence-electron chi connectivity index (χ2n) is 7.06. The Morgan fingerprint density at radius 3 is 2.79 bits per heavy atom. The number of unbranched alkanes of at least 4 members (excludes halogenated alkanes) is 1. The third-order valence-corrected chi connectivity index (χ3v) is 5.28. The van der Waals surface area contributed by atoms with Gasteiger partial charge < -0.3 is 19.7 Å². The number of hydrogen-bond donors (Lipinski definition) is 1. The first-order valence-corrected chi connectivity index (χ1v) is 10.9. The van der Waals surface area contributed by atoms with Gasteiger partial charge in [0.1, 0.15) is 11.8 Å². The van der Waals surface area contributed by atoms with E-state index in [0.717, 1.165) is 17.3 Å². The minimum absolute atomic E-state index is 0.179. The molecule has 0 bridgehead atoms. The number of amides is 2. The largest absolute Gasteiger partial charge is 0.493 e. The van der Waals surface area contributed by atoms with E-state index in [1.807, 2.05) is 13.0 Å². The minimum Gasteiger partial charge on any atom is -0.493 e. The highest BCUT2D eigenvalue weighted by Gasteiger charge is 2.36. The summed E-state index contributed by atoms with van der Waals surface area (Å²) in [5, 5.41) is 2.73. The third kappa shape index (κ3) is 6.45. The molecule has 8 heteroatoms. The van der Waals surface area contributed by atoms with Gasteiger partial charge in [-0.05, 0) is 38.0 Å². The summed E-state index contributed by atoms with van der Waals surface area (Å²) < 4.78 is 11.8. The van der Waals surface area contributed by atoms with Crippen LogP contribution in [0.4, 0.5) is 0 Å². The highest BCUT2D eigenvalue weighted by molar-refractivity contribution is 9.10. The van der Waals surface area contributed by atoms with Crippen molar-refractivity contribution in [3.8, 4) is 5.75 Å². The normalized spacial score (nSPS) is 17.4. The lowest BCUT2D eigenvalue weighted by Crippen LogP contribution is -2.58. The summed E-state index contributed by atoms with van der Waals surface area (Å²) in [5.74, 6) is -0.713. The van der Waals surface area contributed by atoms with E-state index in [2.05, 4.69) is 28.2 Å². The van der Waals surface area contributed by atoms with Crippen LogP contribution in [0.1, 0.15) is 56.8 Å². The van der Waals surface area contributed by atoms with Crippen molar-refractivity contribution >= 4 is 33.7 Å². The number of nitrogens with one attached hydrogen (secondary N) is 1. The van der Waals surface area contributed by atoms with Crippen LogP contribution in [0.3, 0.4) is 0 Å². The van der Waals surface area contributed by atoms with Crippen LogP contribution in [-0.2, 0) is 14.3 Å². The van der Waals surface area contributed by atoms with Gasteiger partial charge in [0.05, 0.1) is 24.7 Å². The summed E-state index contributed by atoms with van der Waals surface area (Å²) >= 11 is 3.39. The van der Waals surface area contributed by atoms with Crippen molar-refractivity contribution in [3.05, 3.63) is 28.2 Å². The molecule has 0 saturated carbocycles. The van der Waals surface area contributed by atoms with Crippen LogP contribution in [0.15, 0.2) is 22.7 Å². The molecule has 1 N–H and O–H groups in total. The number of piperazine rings is 1. The number of ether oxygens (including phenoxy) is 2. The van der Waals surface area contributed by atoms with E-state index in [1.54, 1.807) is 19.1 Å². The lowest BCUT2D eigenvalue weighted by Gasteiger charge is -2.35. The zero-order valence-corrected chi connectivity index (χ0v) is 18.8. The van der Waals surface area contributed by atoms with E-state index in [-0.39, 0.29) is 24.3 Å². The SMILES string of the molecule is CCCCOc1ccc(Br)cc1C(=O)N1CCNC(=O)C1CC(=O)OC(C)CC. The Hall–Kier alpha value is -2.09. The van der Waals surface area contributed by atoms with Gasteiger partial charge in [0.15, 0.2) is 0 Å². The summed E-state index contributed by atoms with van der Waals surface area (Å²) in [6.45, 7) is 6.92. The van der Waals surface area contributed by atoms with E-state index >= 15 is 0 Å². The fraction of sp³-hybridized carbons (Fsp3) is 0.571. The number of nitrogens with zero attached hydrogens (tertiary/aromatic N) is 1. The maximum Gasteiger partial charge on any atom is 0.308 e. The van der Waals surface area contributed by atoms with Gasteiger partial charge in [-0.1, -0.05) is 36.2 Å². The van der Waals surface area contributed by atoms with Gasteiger partial charge in [0, 0.05) is 17.6 Å². The van der Waals surface area contributed by atoms with Gasteiger partial charge in [-0.3, -0.25) is 14.4 Å². The van der Waals surface area contributed by atoms with Crippen LogP contribution >= 0.6 is 15.9 Å². The summed E-state index contributed by atoms with van der Waals surface area (Å²) in [6, 6.07) is 4.32. The highest BCUT2D eigenvalue weighted by Crippen LogP contribution is 2.27. The van der Waals surface area contributed by atoms with E-state index in [4.69, 9.17) is 9.47 Å². The number of benzene rings is 1. The second kappa shape index (κ2) is 11.2. The smallest absolute Gasteiger partial charge is 0.308 e. The zero-order chi connectivity index (χ0) is 21.4. The first-order valence-electron chi connectivity index (χ1n) is 10.1. The summed E-state index contributed by atoms with van der Waals surface area (Å²) in [4.78, 5) is 39.4.